The highest BCUT2D eigenvalue weighted by Crippen LogP contribution is 2.42. The molecule has 34 heavy (non-hydrogen) atoms. The van der Waals surface area contributed by atoms with Gasteiger partial charge in [0.2, 0.25) is 0 Å². The molecule has 0 unspecified atom stereocenters. The molecule has 0 amide bonds. The summed E-state index contributed by atoms with van der Waals surface area (Å²) in [6.45, 7) is 4.16. The number of esters is 1. The molecular formula is C27H34F3NO3. The van der Waals surface area contributed by atoms with Crippen molar-refractivity contribution in [3.05, 3.63) is 41.5 Å². The van der Waals surface area contributed by atoms with E-state index in [9.17, 15) is 18.0 Å². The summed E-state index contributed by atoms with van der Waals surface area (Å²) >= 11 is 0. The smallest absolute Gasteiger partial charge is 0.420 e. The number of hydrogen-bond donors (Lipinski definition) is 1. The van der Waals surface area contributed by atoms with Crippen molar-refractivity contribution in [3.8, 4) is 5.75 Å². The lowest BCUT2D eigenvalue weighted by molar-refractivity contribution is -0.149. The summed E-state index contributed by atoms with van der Waals surface area (Å²) in [4.78, 5) is 12.1. The van der Waals surface area contributed by atoms with E-state index in [1.54, 1.807) is 24.3 Å². The molecular weight excluding hydrogens is 443 g/mol. The monoisotopic (exact) mass is 477 g/mol. The molecule has 0 bridgehead atoms. The zero-order valence-electron chi connectivity index (χ0n) is 19.8. The molecule has 4 nitrogen and oxygen atoms in total. The second kappa shape index (κ2) is 11.0. The molecule has 4 rings (SSSR count). The number of piperidine rings is 1. The largest absolute Gasteiger partial charge is 0.490 e. The van der Waals surface area contributed by atoms with Gasteiger partial charge < -0.3 is 14.8 Å². The van der Waals surface area contributed by atoms with Gasteiger partial charge in [-0.2, -0.15) is 13.2 Å². The molecule has 0 radical (unpaired) electrons. The van der Waals surface area contributed by atoms with Crippen molar-refractivity contribution in [2.45, 2.75) is 70.6 Å². The Balaban J connectivity index is 1.41. The standard InChI is InChI=1S/C27H34F3NO3/c1-18-4-8-22(9-5-18)34-24-11-7-21-17-19(6-10-23(21)25(24)27(28,29)30)3-2-16-33-26(32)20-12-14-31-15-13-20/h6-7,10-11,17-18,20,22,31H,2-5,8-9,12-16H2,1H3. The minimum Gasteiger partial charge on any atom is -0.490 e. The van der Waals surface area contributed by atoms with E-state index in [1.165, 1.54) is 6.07 Å². The SMILES string of the molecule is CC1CCC(Oc2ccc3cc(CCCOC(=O)C4CCNCC4)ccc3c2C(F)(F)F)CC1. The molecule has 1 aliphatic heterocycles. The van der Waals surface area contributed by atoms with Gasteiger partial charge in [-0.15, -0.1) is 0 Å². The molecule has 2 aromatic rings. The van der Waals surface area contributed by atoms with Crippen LogP contribution in [-0.4, -0.2) is 31.8 Å². The van der Waals surface area contributed by atoms with Gasteiger partial charge in [0.15, 0.2) is 0 Å². The molecule has 2 fully saturated rings. The van der Waals surface area contributed by atoms with Gasteiger partial charge in [0.05, 0.1) is 18.6 Å². The van der Waals surface area contributed by atoms with Gasteiger partial charge in [0.25, 0.3) is 0 Å². The zero-order chi connectivity index (χ0) is 24.1. The fourth-order valence-corrected chi connectivity index (χ4v) is 5.06. The number of carbonyl (C=O) groups is 1. The lowest BCUT2D eigenvalue weighted by Crippen LogP contribution is -2.32. The molecule has 2 aromatic carbocycles. The molecule has 186 valence electrons. The highest BCUT2D eigenvalue weighted by atomic mass is 19.4. The molecule has 1 aliphatic carbocycles. The second-order valence-electron chi connectivity index (χ2n) is 9.79. The lowest BCUT2D eigenvalue weighted by atomic mass is 9.89. The van der Waals surface area contributed by atoms with E-state index in [4.69, 9.17) is 9.47 Å². The Hall–Kier alpha value is -2.28. The fraction of sp³-hybridized carbons (Fsp3) is 0.593. The quantitative estimate of drug-likeness (QED) is 0.376. The molecule has 0 atom stereocenters. The topological polar surface area (TPSA) is 47.6 Å². The van der Waals surface area contributed by atoms with Crippen LogP contribution < -0.4 is 10.1 Å². The Morgan fingerprint density at radius 1 is 1.03 bits per heavy atom. The van der Waals surface area contributed by atoms with Crippen molar-refractivity contribution in [1.82, 2.24) is 5.32 Å². The van der Waals surface area contributed by atoms with Crippen LogP contribution in [0.15, 0.2) is 30.3 Å². The second-order valence-corrected chi connectivity index (χ2v) is 9.79. The van der Waals surface area contributed by atoms with Crippen LogP contribution in [0.1, 0.15) is 63.0 Å². The molecule has 1 N–H and O–H groups in total. The Morgan fingerprint density at radius 3 is 2.47 bits per heavy atom. The van der Waals surface area contributed by atoms with Crippen LogP contribution >= 0.6 is 0 Å². The highest BCUT2D eigenvalue weighted by molar-refractivity contribution is 5.89. The first kappa shape index (κ1) is 24.8. The molecule has 0 spiro atoms. The fourth-order valence-electron chi connectivity index (χ4n) is 5.06. The number of benzene rings is 2. The van der Waals surface area contributed by atoms with Crippen molar-refractivity contribution < 1.29 is 27.4 Å². The van der Waals surface area contributed by atoms with Crippen LogP contribution in [0.25, 0.3) is 10.8 Å². The third-order valence-electron chi connectivity index (χ3n) is 7.11. The van der Waals surface area contributed by atoms with Crippen LogP contribution in [0.2, 0.25) is 0 Å². The van der Waals surface area contributed by atoms with Crippen LogP contribution in [0.5, 0.6) is 5.75 Å². The van der Waals surface area contributed by atoms with E-state index >= 15 is 0 Å². The first-order chi connectivity index (χ1) is 16.3. The van der Waals surface area contributed by atoms with Gasteiger partial charge in [-0.3, -0.25) is 4.79 Å². The number of rotatable bonds is 7. The summed E-state index contributed by atoms with van der Waals surface area (Å²) in [5.74, 6) is 0.355. The van der Waals surface area contributed by atoms with Crippen molar-refractivity contribution in [1.29, 1.82) is 0 Å². The van der Waals surface area contributed by atoms with Crippen molar-refractivity contribution in [2.75, 3.05) is 19.7 Å². The maximum Gasteiger partial charge on any atom is 0.420 e. The van der Waals surface area contributed by atoms with E-state index in [-0.39, 0.29) is 29.1 Å². The van der Waals surface area contributed by atoms with Crippen LogP contribution in [-0.2, 0) is 22.1 Å². The molecule has 1 saturated heterocycles. The summed E-state index contributed by atoms with van der Waals surface area (Å²) in [6.07, 6.45) is 1.75. The first-order valence-electron chi connectivity index (χ1n) is 12.5. The lowest BCUT2D eigenvalue weighted by Gasteiger charge is -2.28. The van der Waals surface area contributed by atoms with Crippen LogP contribution in [0, 0.1) is 11.8 Å². The maximum atomic E-state index is 14.0. The Labute approximate surface area is 199 Å². The number of hydrogen-bond acceptors (Lipinski definition) is 4. The average Bonchev–Trinajstić information content (AvgIpc) is 2.82. The third-order valence-corrected chi connectivity index (χ3v) is 7.11. The van der Waals surface area contributed by atoms with E-state index in [2.05, 4.69) is 12.2 Å². The van der Waals surface area contributed by atoms with Gasteiger partial charge in [-0.25, -0.2) is 0 Å². The van der Waals surface area contributed by atoms with Crippen molar-refractivity contribution in [2.24, 2.45) is 11.8 Å². The summed E-state index contributed by atoms with van der Waals surface area (Å²) in [5, 5.41) is 3.93. The van der Waals surface area contributed by atoms with Gasteiger partial charge in [-0.05, 0) is 92.8 Å². The summed E-state index contributed by atoms with van der Waals surface area (Å²) in [5.41, 5.74) is 0.236. The number of alkyl halides is 3. The van der Waals surface area contributed by atoms with Gasteiger partial charge in [-0.1, -0.05) is 31.2 Å². The number of ether oxygens (including phenoxy) is 2. The summed E-state index contributed by atoms with van der Waals surface area (Å²) < 4.78 is 53.4. The zero-order valence-corrected chi connectivity index (χ0v) is 19.8. The van der Waals surface area contributed by atoms with E-state index in [1.807, 2.05) is 0 Å². The normalized spacial score (nSPS) is 22.0. The third kappa shape index (κ3) is 6.23. The average molecular weight is 478 g/mol. The Bertz CT molecular complexity index is 977. The van der Waals surface area contributed by atoms with Crippen molar-refractivity contribution >= 4 is 16.7 Å². The van der Waals surface area contributed by atoms with Gasteiger partial charge >= 0.3 is 12.1 Å². The van der Waals surface area contributed by atoms with E-state index in [0.717, 1.165) is 57.2 Å². The molecule has 2 aliphatic rings. The molecule has 7 heteroatoms. The Kier molecular flexibility index (Phi) is 8.02. The number of carbonyl (C=O) groups excluding carboxylic acids is 1. The predicted molar refractivity (Wildman–Crippen MR) is 126 cm³/mol. The van der Waals surface area contributed by atoms with Gasteiger partial charge in [0.1, 0.15) is 11.3 Å². The van der Waals surface area contributed by atoms with E-state index < -0.39 is 11.7 Å². The molecule has 1 heterocycles. The van der Waals surface area contributed by atoms with Crippen molar-refractivity contribution in [3.63, 3.8) is 0 Å². The number of halogens is 3. The summed E-state index contributed by atoms with van der Waals surface area (Å²) in [6, 6.07) is 8.26. The first-order valence-corrected chi connectivity index (χ1v) is 12.5. The minimum atomic E-state index is -4.50. The minimum absolute atomic E-state index is 0.0314. The number of fused-ring (bicyclic) bond motifs is 1. The Morgan fingerprint density at radius 2 is 1.76 bits per heavy atom. The van der Waals surface area contributed by atoms with E-state index in [0.29, 0.717) is 30.8 Å². The number of aryl methyl sites for hydroxylation is 1. The number of nitrogens with one attached hydrogen (secondary N) is 1. The predicted octanol–water partition coefficient (Wildman–Crippen LogP) is 6.29. The molecule has 0 aromatic heterocycles. The van der Waals surface area contributed by atoms with Crippen LogP contribution in [0.3, 0.4) is 0 Å². The van der Waals surface area contributed by atoms with Gasteiger partial charge in [0, 0.05) is 0 Å². The molecule has 1 saturated carbocycles. The van der Waals surface area contributed by atoms with Crippen LogP contribution in [0.4, 0.5) is 13.2 Å². The maximum absolute atomic E-state index is 14.0. The highest BCUT2D eigenvalue weighted by Gasteiger charge is 2.37. The summed E-state index contributed by atoms with van der Waals surface area (Å²) in [7, 11) is 0.